The van der Waals surface area contributed by atoms with Crippen molar-refractivity contribution >= 4 is 22.5 Å². The number of hydrogen-bond donors (Lipinski definition) is 0. The molecule has 0 atom stereocenters. The maximum Gasteiger partial charge on any atom is 0.365 e. The van der Waals surface area contributed by atoms with Crippen LogP contribution in [0.2, 0.25) is 0 Å². The van der Waals surface area contributed by atoms with E-state index in [1.54, 1.807) is 63.9 Å². The molecule has 0 fully saturated rings. The molecule has 0 N–H and O–H groups in total. The largest absolute Gasteiger partial charge is 0.493 e. The summed E-state index contributed by atoms with van der Waals surface area (Å²) in [6.07, 6.45) is 1.63. The van der Waals surface area contributed by atoms with E-state index in [4.69, 9.17) is 33.3 Å². The van der Waals surface area contributed by atoms with E-state index in [2.05, 4.69) is 10.1 Å². The van der Waals surface area contributed by atoms with Gasteiger partial charge in [-0.25, -0.2) is 4.79 Å². The van der Waals surface area contributed by atoms with Crippen LogP contribution in [-0.4, -0.2) is 59.3 Å². The first-order valence-corrected chi connectivity index (χ1v) is 11.7. The van der Waals surface area contributed by atoms with E-state index in [9.17, 15) is 4.79 Å². The lowest BCUT2D eigenvalue weighted by atomic mass is 10.0. The second kappa shape index (κ2) is 12.0. The molecule has 0 bridgehead atoms. The first kappa shape index (κ1) is 27.1. The van der Waals surface area contributed by atoms with Gasteiger partial charge in [-0.3, -0.25) is 4.98 Å². The van der Waals surface area contributed by atoms with Crippen LogP contribution >= 0.6 is 0 Å². The van der Waals surface area contributed by atoms with Crippen molar-refractivity contribution < 1.29 is 38.1 Å². The lowest BCUT2D eigenvalue weighted by molar-refractivity contribution is 0.0516. The van der Waals surface area contributed by atoms with Crippen LogP contribution < -0.4 is 28.4 Å². The summed E-state index contributed by atoms with van der Waals surface area (Å²) in [5.41, 5.74) is 1.52. The maximum absolute atomic E-state index is 13.0. The van der Waals surface area contributed by atoms with Crippen molar-refractivity contribution in [3.63, 3.8) is 0 Å². The third-order valence-corrected chi connectivity index (χ3v) is 5.99. The Hall–Kier alpha value is -4.99. The van der Waals surface area contributed by atoms with Gasteiger partial charge in [0.15, 0.2) is 34.5 Å². The second-order valence-corrected chi connectivity index (χ2v) is 8.05. The highest BCUT2D eigenvalue weighted by Crippen LogP contribution is 2.35. The summed E-state index contributed by atoms with van der Waals surface area (Å²) in [7, 11) is 9.18. The third kappa shape index (κ3) is 5.49. The summed E-state index contributed by atoms with van der Waals surface area (Å²) in [5, 5.41) is 5.80. The van der Waals surface area contributed by atoms with E-state index in [0.29, 0.717) is 51.1 Å². The lowest BCUT2D eigenvalue weighted by Crippen LogP contribution is -2.11. The minimum absolute atomic E-state index is 0.223. The number of carbonyl (C=O) groups excluding carboxylic acids is 1. The molecule has 39 heavy (non-hydrogen) atoms. The quantitative estimate of drug-likeness (QED) is 0.160. The summed E-state index contributed by atoms with van der Waals surface area (Å²) >= 11 is 0. The SMILES string of the molecule is COc1ccc(C(=O)O/N=C(\c2ccc(OC)c(OC)c2)c2nccc3cc(OC)c(OC)cc23)cc1OC. The topological polar surface area (TPSA) is 107 Å². The standard InChI is InChI=1S/C29H28N2O8/c1-33-21-9-7-18(14-23(21)35-3)27(31-39-29(32)19-8-10-22(34-2)24(15-19)36-4)28-20-16-26(38-6)25(37-5)13-17(20)11-12-30-28/h7-16H,1-6H3/b31-27+. The van der Waals surface area contributed by atoms with Crippen molar-refractivity contribution in [1.29, 1.82) is 0 Å². The van der Waals surface area contributed by atoms with Crippen molar-refractivity contribution in [3.05, 3.63) is 77.6 Å². The summed E-state index contributed by atoms with van der Waals surface area (Å²) < 4.78 is 32.4. The molecule has 4 rings (SSSR count). The van der Waals surface area contributed by atoms with Gasteiger partial charge in [-0.05, 0) is 60.0 Å². The van der Waals surface area contributed by atoms with Gasteiger partial charge >= 0.3 is 5.97 Å². The Morgan fingerprint density at radius 3 is 1.72 bits per heavy atom. The van der Waals surface area contributed by atoms with Crippen LogP contribution in [-0.2, 0) is 4.84 Å². The molecule has 0 aliphatic carbocycles. The van der Waals surface area contributed by atoms with E-state index in [-0.39, 0.29) is 11.3 Å². The molecule has 10 heteroatoms. The van der Waals surface area contributed by atoms with E-state index in [0.717, 1.165) is 5.39 Å². The summed E-state index contributed by atoms with van der Waals surface area (Å²) in [6.45, 7) is 0. The van der Waals surface area contributed by atoms with Crippen LogP contribution in [0.25, 0.3) is 10.8 Å². The smallest absolute Gasteiger partial charge is 0.365 e. The first-order chi connectivity index (χ1) is 19.0. The number of hydrogen-bond acceptors (Lipinski definition) is 10. The van der Waals surface area contributed by atoms with E-state index >= 15 is 0 Å². The molecule has 10 nitrogen and oxygen atoms in total. The molecule has 0 amide bonds. The fourth-order valence-electron chi connectivity index (χ4n) is 4.01. The van der Waals surface area contributed by atoms with Gasteiger partial charge in [-0.15, -0.1) is 0 Å². The van der Waals surface area contributed by atoms with Crippen LogP contribution in [0.3, 0.4) is 0 Å². The number of ether oxygens (including phenoxy) is 6. The van der Waals surface area contributed by atoms with Gasteiger partial charge in [0.25, 0.3) is 0 Å². The van der Waals surface area contributed by atoms with Crippen molar-refractivity contribution in [2.75, 3.05) is 42.7 Å². The number of methoxy groups -OCH3 is 6. The molecule has 1 heterocycles. The molecule has 0 saturated heterocycles. The normalized spacial score (nSPS) is 11.1. The molecule has 0 unspecified atom stereocenters. The van der Waals surface area contributed by atoms with Crippen LogP contribution in [0.1, 0.15) is 21.6 Å². The second-order valence-electron chi connectivity index (χ2n) is 8.05. The molecule has 3 aromatic carbocycles. The molecular weight excluding hydrogens is 504 g/mol. The molecule has 0 spiro atoms. The predicted octanol–water partition coefficient (Wildman–Crippen LogP) is 4.90. The number of pyridine rings is 1. The summed E-state index contributed by atoms with van der Waals surface area (Å²) in [5.74, 6) is 2.22. The Morgan fingerprint density at radius 1 is 0.615 bits per heavy atom. The zero-order valence-electron chi connectivity index (χ0n) is 22.4. The number of fused-ring (bicyclic) bond motifs is 1. The van der Waals surface area contributed by atoms with Crippen molar-refractivity contribution in [3.8, 4) is 34.5 Å². The number of benzene rings is 3. The third-order valence-electron chi connectivity index (χ3n) is 5.99. The average molecular weight is 533 g/mol. The van der Waals surface area contributed by atoms with E-state index in [1.165, 1.54) is 27.4 Å². The van der Waals surface area contributed by atoms with E-state index < -0.39 is 5.97 Å². The Balaban J connectivity index is 1.86. The fourth-order valence-corrected chi connectivity index (χ4v) is 4.01. The van der Waals surface area contributed by atoms with Gasteiger partial charge in [0.2, 0.25) is 0 Å². The summed E-state index contributed by atoms with van der Waals surface area (Å²) in [4.78, 5) is 23.0. The van der Waals surface area contributed by atoms with Gasteiger partial charge in [0.1, 0.15) is 11.4 Å². The molecule has 202 valence electrons. The van der Waals surface area contributed by atoms with Gasteiger partial charge in [-0.1, -0.05) is 5.16 Å². The van der Waals surface area contributed by atoms with Crippen LogP contribution in [0, 0.1) is 0 Å². The average Bonchev–Trinajstić information content (AvgIpc) is 2.99. The highest BCUT2D eigenvalue weighted by atomic mass is 16.7. The molecule has 0 aliphatic heterocycles. The van der Waals surface area contributed by atoms with Gasteiger partial charge in [0.05, 0.1) is 48.2 Å². The maximum atomic E-state index is 13.0. The molecule has 0 saturated carbocycles. The van der Waals surface area contributed by atoms with Crippen molar-refractivity contribution in [1.82, 2.24) is 4.98 Å². The minimum atomic E-state index is -0.701. The number of carbonyl (C=O) groups is 1. The van der Waals surface area contributed by atoms with E-state index in [1.807, 2.05) is 12.1 Å². The molecule has 0 radical (unpaired) electrons. The highest BCUT2D eigenvalue weighted by Gasteiger charge is 2.20. The molecule has 1 aromatic heterocycles. The Kier molecular flexibility index (Phi) is 8.35. The van der Waals surface area contributed by atoms with Crippen LogP contribution in [0.5, 0.6) is 34.5 Å². The highest BCUT2D eigenvalue weighted by molar-refractivity contribution is 6.18. The molecule has 0 aliphatic rings. The minimum Gasteiger partial charge on any atom is -0.493 e. The van der Waals surface area contributed by atoms with Gasteiger partial charge < -0.3 is 33.3 Å². The van der Waals surface area contributed by atoms with Crippen LogP contribution in [0.15, 0.2) is 65.9 Å². The molecule has 4 aromatic rings. The predicted molar refractivity (Wildman–Crippen MR) is 145 cm³/mol. The Morgan fingerprint density at radius 2 is 1.13 bits per heavy atom. The lowest BCUT2D eigenvalue weighted by Gasteiger charge is -2.14. The van der Waals surface area contributed by atoms with Gasteiger partial charge in [-0.2, -0.15) is 0 Å². The van der Waals surface area contributed by atoms with Crippen molar-refractivity contribution in [2.24, 2.45) is 5.16 Å². The molecular formula is C29H28N2O8. The zero-order valence-corrected chi connectivity index (χ0v) is 22.4. The number of nitrogens with zero attached hydrogens (tertiary/aromatic N) is 2. The van der Waals surface area contributed by atoms with Gasteiger partial charge in [0, 0.05) is 17.1 Å². The van der Waals surface area contributed by atoms with Crippen molar-refractivity contribution in [2.45, 2.75) is 0 Å². The number of aromatic nitrogens is 1. The monoisotopic (exact) mass is 532 g/mol. The van der Waals surface area contributed by atoms with Crippen LogP contribution in [0.4, 0.5) is 0 Å². The summed E-state index contributed by atoms with van der Waals surface area (Å²) in [6, 6.07) is 15.4. The fraction of sp³-hybridized carbons (Fsp3) is 0.207. The Labute approximate surface area is 225 Å². The number of rotatable bonds is 10. The Bertz CT molecular complexity index is 1530. The first-order valence-electron chi connectivity index (χ1n) is 11.7. The zero-order chi connectivity index (χ0) is 27.9. The number of oxime groups is 1.